The van der Waals surface area contributed by atoms with Crippen LogP contribution in [0.2, 0.25) is 0 Å². The van der Waals surface area contributed by atoms with Crippen LogP contribution in [0.3, 0.4) is 0 Å². The minimum absolute atomic E-state index is 0.0913. The summed E-state index contributed by atoms with van der Waals surface area (Å²) < 4.78 is 0. The second-order valence-electron chi connectivity index (χ2n) is 6.59. The highest BCUT2D eigenvalue weighted by Gasteiger charge is 2.31. The number of hydrogen-bond acceptors (Lipinski definition) is 8. The number of nitro groups is 1. The summed E-state index contributed by atoms with van der Waals surface area (Å²) in [4.78, 5) is 43.8. The molecule has 0 spiro atoms. The third-order valence-corrected chi connectivity index (χ3v) is 4.66. The quantitative estimate of drug-likeness (QED) is 0.462. The van der Waals surface area contributed by atoms with Crippen molar-refractivity contribution in [1.29, 1.82) is 0 Å². The van der Waals surface area contributed by atoms with E-state index in [4.69, 9.17) is 5.11 Å². The fourth-order valence-corrected chi connectivity index (χ4v) is 3.15. The predicted molar refractivity (Wildman–Crippen MR) is 103 cm³/mol. The summed E-state index contributed by atoms with van der Waals surface area (Å²) in [6.07, 6.45) is 2.00. The van der Waals surface area contributed by atoms with Crippen LogP contribution >= 0.6 is 0 Å². The number of carbonyl (C=O) groups excluding carboxylic acids is 1. The maximum Gasteiger partial charge on any atom is 0.355 e. The van der Waals surface area contributed by atoms with Gasteiger partial charge in [0.1, 0.15) is 6.33 Å². The van der Waals surface area contributed by atoms with Crippen molar-refractivity contribution in [2.75, 3.05) is 23.4 Å². The first-order valence-electron chi connectivity index (χ1n) is 9.01. The van der Waals surface area contributed by atoms with Crippen molar-refractivity contribution < 1.29 is 19.6 Å². The molecule has 152 valence electrons. The second-order valence-corrected chi connectivity index (χ2v) is 6.59. The number of aromatic nitrogens is 2. The van der Waals surface area contributed by atoms with Gasteiger partial charge in [-0.05, 0) is 18.4 Å². The van der Waals surface area contributed by atoms with Crippen LogP contribution < -0.4 is 15.8 Å². The summed E-state index contributed by atoms with van der Waals surface area (Å²) in [5.74, 6) is -1.77. The molecule has 1 aromatic heterocycles. The van der Waals surface area contributed by atoms with Gasteiger partial charge in [-0.25, -0.2) is 9.97 Å². The fraction of sp³-hybridized carbons (Fsp3) is 0.333. The van der Waals surface area contributed by atoms with E-state index in [2.05, 4.69) is 20.8 Å². The Bertz CT molecular complexity index is 899. The molecule has 0 radical (unpaired) electrons. The van der Waals surface area contributed by atoms with Crippen LogP contribution in [0.1, 0.15) is 18.4 Å². The van der Waals surface area contributed by atoms with E-state index >= 15 is 0 Å². The minimum atomic E-state index is -0.870. The largest absolute Gasteiger partial charge is 0.481 e. The summed E-state index contributed by atoms with van der Waals surface area (Å²) in [5, 5.41) is 20.8. The average molecular weight is 400 g/mol. The SMILES string of the molecule is O=C(Cc1ccccc1)NNc1ncnc(N2CCC(C(=O)O)CC2)c1[N+](=O)[O-]. The molecule has 1 saturated heterocycles. The molecule has 2 heterocycles. The van der Waals surface area contributed by atoms with Crippen LogP contribution in [0.4, 0.5) is 17.3 Å². The maximum absolute atomic E-state index is 12.1. The van der Waals surface area contributed by atoms with Crippen LogP contribution in [0, 0.1) is 16.0 Å². The number of nitrogens with zero attached hydrogens (tertiary/aromatic N) is 4. The molecule has 0 atom stereocenters. The Morgan fingerprint density at radius 2 is 1.90 bits per heavy atom. The van der Waals surface area contributed by atoms with Crippen LogP contribution in [0.5, 0.6) is 0 Å². The summed E-state index contributed by atoms with van der Waals surface area (Å²) >= 11 is 0. The molecule has 1 aliphatic heterocycles. The number of hydrazine groups is 1. The van der Waals surface area contributed by atoms with Gasteiger partial charge in [0.25, 0.3) is 0 Å². The molecule has 0 aliphatic carbocycles. The van der Waals surface area contributed by atoms with Gasteiger partial charge in [0.05, 0.1) is 17.3 Å². The van der Waals surface area contributed by atoms with Crippen molar-refractivity contribution in [2.45, 2.75) is 19.3 Å². The number of carboxylic acid groups (broad SMARTS) is 1. The van der Waals surface area contributed by atoms with Crippen molar-refractivity contribution in [3.8, 4) is 0 Å². The van der Waals surface area contributed by atoms with Gasteiger partial charge in [-0.2, -0.15) is 0 Å². The van der Waals surface area contributed by atoms with E-state index < -0.39 is 16.8 Å². The van der Waals surface area contributed by atoms with Gasteiger partial charge in [-0.1, -0.05) is 30.3 Å². The molecule has 3 N–H and O–H groups in total. The van der Waals surface area contributed by atoms with E-state index in [1.165, 1.54) is 0 Å². The first kappa shape index (κ1) is 20.0. The van der Waals surface area contributed by atoms with Gasteiger partial charge in [0, 0.05) is 13.1 Å². The number of anilines is 2. The van der Waals surface area contributed by atoms with Gasteiger partial charge in [0.2, 0.25) is 17.5 Å². The lowest BCUT2D eigenvalue weighted by Gasteiger charge is -2.30. The Hall–Kier alpha value is -3.76. The molecule has 0 bridgehead atoms. The second kappa shape index (κ2) is 8.95. The molecule has 29 heavy (non-hydrogen) atoms. The molecule has 0 saturated carbocycles. The van der Waals surface area contributed by atoms with Crippen LogP contribution in [0.15, 0.2) is 36.7 Å². The first-order valence-corrected chi connectivity index (χ1v) is 9.01. The number of nitrogens with one attached hydrogen (secondary N) is 2. The summed E-state index contributed by atoms with van der Waals surface area (Å²) in [7, 11) is 0. The molecule has 1 amide bonds. The number of carbonyl (C=O) groups is 2. The zero-order chi connectivity index (χ0) is 20.8. The van der Waals surface area contributed by atoms with E-state index in [-0.39, 0.29) is 29.7 Å². The normalized spacial score (nSPS) is 14.3. The zero-order valence-electron chi connectivity index (χ0n) is 15.4. The number of amides is 1. The number of piperidine rings is 1. The number of hydrogen-bond donors (Lipinski definition) is 3. The highest BCUT2D eigenvalue weighted by atomic mass is 16.6. The molecule has 2 aromatic rings. The topological polar surface area (TPSA) is 151 Å². The summed E-state index contributed by atoms with van der Waals surface area (Å²) in [6, 6.07) is 9.05. The number of carboxylic acids is 1. The van der Waals surface area contributed by atoms with Gasteiger partial charge in [-0.3, -0.25) is 30.6 Å². The Kier molecular flexibility index (Phi) is 6.17. The van der Waals surface area contributed by atoms with Gasteiger partial charge < -0.3 is 10.0 Å². The van der Waals surface area contributed by atoms with Gasteiger partial charge in [-0.15, -0.1) is 0 Å². The lowest BCUT2D eigenvalue weighted by Crippen LogP contribution is -2.37. The number of aliphatic carboxylic acids is 1. The highest BCUT2D eigenvalue weighted by Crippen LogP contribution is 2.33. The van der Waals surface area contributed by atoms with Crippen molar-refractivity contribution in [1.82, 2.24) is 15.4 Å². The standard InChI is InChI=1S/C18H20N6O5/c25-14(10-12-4-2-1-3-5-12)21-22-16-15(24(28)29)17(20-11-19-16)23-8-6-13(7-9-23)18(26)27/h1-5,11,13H,6-10H2,(H,21,25)(H,26,27)(H,19,20,22). The van der Waals surface area contributed by atoms with E-state index in [1.807, 2.05) is 18.2 Å². The number of benzene rings is 1. The Balaban J connectivity index is 1.71. The van der Waals surface area contributed by atoms with Crippen LogP contribution in [-0.2, 0) is 16.0 Å². The molecule has 1 fully saturated rings. The van der Waals surface area contributed by atoms with Gasteiger partial charge in [0.15, 0.2) is 0 Å². The zero-order valence-corrected chi connectivity index (χ0v) is 15.4. The maximum atomic E-state index is 12.1. The van der Waals surface area contributed by atoms with Crippen molar-refractivity contribution in [3.05, 3.63) is 52.3 Å². The Morgan fingerprint density at radius 3 is 2.52 bits per heavy atom. The summed E-state index contributed by atoms with van der Waals surface area (Å²) in [6.45, 7) is 0.656. The van der Waals surface area contributed by atoms with Crippen molar-refractivity contribution >= 4 is 29.2 Å². The molecule has 1 aromatic carbocycles. The predicted octanol–water partition coefficient (Wildman–Crippen LogP) is 1.37. The van der Waals surface area contributed by atoms with Gasteiger partial charge >= 0.3 is 11.7 Å². The molecular weight excluding hydrogens is 380 g/mol. The monoisotopic (exact) mass is 400 g/mol. The Morgan fingerprint density at radius 1 is 1.21 bits per heavy atom. The average Bonchev–Trinajstić information content (AvgIpc) is 2.72. The smallest absolute Gasteiger partial charge is 0.355 e. The van der Waals surface area contributed by atoms with E-state index in [0.29, 0.717) is 25.9 Å². The molecule has 3 rings (SSSR count). The fourth-order valence-electron chi connectivity index (χ4n) is 3.15. The van der Waals surface area contributed by atoms with Crippen LogP contribution in [-0.4, -0.2) is 45.0 Å². The highest BCUT2D eigenvalue weighted by molar-refractivity contribution is 5.81. The Labute approximate surface area is 165 Å². The van der Waals surface area contributed by atoms with E-state index in [0.717, 1.165) is 11.9 Å². The molecule has 1 aliphatic rings. The third kappa shape index (κ3) is 4.94. The number of rotatable bonds is 7. The van der Waals surface area contributed by atoms with Crippen LogP contribution in [0.25, 0.3) is 0 Å². The molecular formula is C18H20N6O5. The third-order valence-electron chi connectivity index (χ3n) is 4.66. The lowest BCUT2D eigenvalue weighted by molar-refractivity contribution is -0.383. The molecule has 0 unspecified atom stereocenters. The molecule has 11 nitrogen and oxygen atoms in total. The van der Waals surface area contributed by atoms with Crippen molar-refractivity contribution in [3.63, 3.8) is 0 Å². The van der Waals surface area contributed by atoms with E-state index in [1.54, 1.807) is 17.0 Å². The van der Waals surface area contributed by atoms with E-state index in [9.17, 15) is 19.7 Å². The lowest BCUT2D eigenvalue weighted by atomic mass is 9.97. The minimum Gasteiger partial charge on any atom is -0.481 e. The molecule has 11 heteroatoms. The summed E-state index contributed by atoms with van der Waals surface area (Å²) in [5.41, 5.74) is 5.35. The van der Waals surface area contributed by atoms with Crippen molar-refractivity contribution in [2.24, 2.45) is 5.92 Å². The first-order chi connectivity index (χ1) is 14.0.